The number of fused-ring (bicyclic) bond motifs is 1. The van der Waals surface area contributed by atoms with Crippen molar-refractivity contribution in [1.29, 1.82) is 0 Å². The maximum atomic E-state index is 12.2. The molecule has 0 saturated carbocycles. The lowest BCUT2D eigenvalue weighted by molar-refractivity contribution is -0.120. The molecule has 118 valence electrons. The molecule has 1 aliphatic rings. The molecule has 0 spiro atoms. The smallest absolute Gasteiger partial charge is 0.251 e. The number of hydrogen-bond acceptors (Lipinski definition) is 2. The highest BCUT2D eigenvalue weighted by atomic mass is 16.2. The lowest BCUT2D eigenvalue weighted by atomic mass is 9.90. The molecule has 2 aromatic rings. The Hall–Kier alpha value is -2.62. The molecule has 1 aliphatic heterocycles. The molecular weight excluding hydrogens is 288 g/mol. The summed E-state index contributed by atoms with van der Waals surface area (Å²) in [6.45, 7) is 3.10. The van der Waals surface area contributed by atoms with Crippen LogP contribution in [0.25, 0.3) is 0 Å². The zero-order valence-electron chi connectivity index (χ0n) is 13.1. The fourth-order valence-electron chi connectivity index (χ4n) is 2.94. The van der Waals surface area contributed by atoms with Gasteiger partial charge in [0.2, 0.25) is 5.91 Å². The summed E-state index contributed by atoms with van der Waals surface area (Å²) in [5.74, 6) is 0.0847. The van der Waals surface area contributed by atoms with Crippen molar-refractivity contribution in [2.75, 3.05) is 13.1 Å². The molecule has 0 aliphatic carbocycles. The average molecular weight is 308 g/mol. The third-order valence-electron chi connectivity index (χ3n) is 4.31. The van der Waals surface area contributed by atoms with Gasteiger partial charge in [-0.25, -0.2) is 0 Å². The predicted octanol–water partition coefficient (Wildman–Crippen LogP) is 2.18. The molecule has 0 bridgehead atoms. The van der Waals surface area contributed by atoms with Crippen molar-refractivity contribution in [3.05, 3.63) is 70.8 Å². The number of hydrogen-bond donors (Lipinski definition) is 2. The minimum Gasteiger partial charge on any atom is -0.355 e. The van der Waals surface area contributed by atoms with E-state index in [2.05, 4.69) is 10.6 Å². The molecule has 1 atom stereocenters. The van der Waals surface area contributed by atoms with Crippen molar-refractivity contribution in [3.63, 3.8) is 0 Å². The molecule has 1 unspecified atom stereocenters. The zero-order valence-corrected chi connectivity index (χ0v) is 13.1. The number of carbonyl (C=O) groups excluding carboxylic acids is 2. The van der Waals surface area contributed by atoms with Crippen LogP contribution in [0.3, 0.4) is 0 Å². The van der Waals surface area contributed by atoms with Crippen molar-refractivity contribution in [2.45, 2.75) is 19.3 Å². The first-order chi connectivity index (χ1) is 11.1. The lowest BCUT2D eigenvalue weighted by Crippen LogP contribution is -2.40. The Morgan fingerprint density at radius 2 is 1.91 bits per heavy atom. The normalized spacial score (nSPS) is 16.4. The first-order valence-electron chi connectivity index (χ1n) is 7.83. The molecule has 2 amide bonds. The molecule has 0 radical (unpaired) electrons. The van der Waals surface area contributed by atoms with Crippen molar-refractivity contribution in [2.24, 2.45) is 0 Å². The van der Waals surface area contributed by atoms with Gasteiger partial charge in [-0.05, 0) is 29.7 Å². The van der Waals surface area contributed by atoms with Gasteiger partial charge in [0.15, 0.2) is 0 Å². The van der Waals surface area contributed by atoms with E-state index in [0.717, 1.165) is 16.7 Å². The fourth-order valence-corrected chi connectivity index (χ4v) is 2.94. The van der Waals surface area contributed by atoms with E-state index < -0.39 is 0 Å². The van der Waals surface area contributed by atoms with Gasteiger partial charge in [-0.15, -0.1) is 0 Å². The van der Waals surface area contributed by atoms with E-state index in [9.17, 15) is 9.59 Å². The molecule has 4 heteroatoms. The standard InChI is InChI=1S/C19H20N2O2/c1-13-6-2-3-7-14(13)10-18(22)20-11-15-12-21-19(23)17-9-5-4-8-16(15)17/h2-9,15H,10-12H2,1H3,(H,20,22)(H,21,23). The van der Waals surface area contributed by atoms with E-state index in [4.69, 9.17) is 0 Å². The third-order valence-corrected chi connectivity index (χ3v) is 4.31. The van der Waals surface area contributed by atoms with Crippen LogP contribution in [-0.2, 0) is 11.2 Å². The SMILES string of the molecule is Cc1ccccc1CC(=O)NCC1CNC(=O)c2ccccc21. The summed E-state index contributed by atoms with van der Waals surface area (Å²) in [5, 5.41) is 5.87. The summed E-state index contributed by atoms with van der Waals surface area (Å²) in [4.78, 5) is 24.0. The van der Waals surface area contributed by atoms with Crippen LogP contribution in [0.2, 0.25) is 0 Å². The summed E-state index contributed by atoms with van der Waals surface area (Å²) in [5.41, 5.74) is 3.88. The van der Waals surface area contributed by atoms with Gasteiger partial charge in [-0.2, -0.15) is 0 Å². The molecule has 4 nitrogen and oxygen atoms in total. The van der Waals surface area contributed by atoms with Crippen LogP contribution < -0.4 is 10.6 Å². The quantitative estimate of drug-likeness (QED) is 0.909. The lowest BCUT2D eigenvalue weighted by Gasteiger charge is -2.26. The van der Waals surface area contributed by atoms with Gasteiger partial charge in [0.1, 0.15) is 0 Å². The summed E-state index contributed by atoms with van der Waals surface area (Å²) in [6, 6.07) is 15.5. The number of aryl methyl sites for hydroxylation is 1. The Bertz CT molecular complexity index is 740. The second-order valence-electron chi connectivity index (χ2n) is 5.90. The van der Waals surface area contributed by atoms with Crippen LogP contribution in [0.15, 0.2) is 48.5 Å². The van der Waals surface area contributed by atoms with Gasteiger partial charge in [0, 0.05) is 24.6 Å². The van der Waals surface area contributed by atoms with E-state index in [1.54, 1.807) is 0 Å². The van der Waals surface area contributed by atoms with Crippen LogP contribution in [0.5, 0.6) is 0 Å². The molecule has 0 fully saturated rings. The fraction of sp³-hybridized carbons (Fsp3) is 0.263. The third kappa shape index (κ3) is 3.42. The summed E-state index contributed by atoms with van der Waals surface area (Å²) < 4.78 is 0. The number of nitrogens with one attached hydrogen (secondary N) is 2. The van der Waals surface area contributed by atoms with Gasteiger partial charge < -0.3 is 10.6 Å². The Morgan fingerprint density at radius 3 is 2.74 bits per heavy atom. The first-order valence-corrected chi connectivity index (χ1v) is 7.83. The maximum Gasteiger partial charge on any atom is 0.251 e. The highest BCUT2D eigenvalue weighted by molar-refractivity contribution is 5.97. The monoisotopic (exact) mass is 308 g/mol. The van der Waals surface area contributed by atoms with Crippen molar-refractivity contribution in [3.8, 4) is 0 Å². The highest BCUT2D eigenvalue weighted by Gasteiger charge is 2.24. The molecule has 0 aromatic heterocycles. The van der Waals surface area contributed by atoms with Crippen LogP contribution in [0, 0.1) is 6.92 Å². The molecule has 1 heterocycles. The van der Waals surface area contributed by atoms with Crippen molar-refractivity contribution in [1.82, 2.24) is 10.6 Å². The second kappa shape index (κ2) is 6.65. The maximum absolute atomic E-state index is 12.2. The second-order valence-corrected chi connectivity index (χ2v) is 5.90. The Kier molecular flexibility index (Phi) is 4.42. The van der Waals surface area contributed by atoms with Gasteiger partial charge in [0.25, 0.3) is 5.91 Å². The summed E-state index contributed by atoms with van der Waals surface area (Å²) in [7, 11) is 0. The summed E-state index contributed by atoms with van der Waals surface area (Å²) >= 11 is 0. The van der Waals surface area contributed by atoms with E-state index in [1.807, 2.05) is 55.5 Å². The number of amides is 2. The van der Waals surface area contributed by atoms with E-state index >= 15 is 0 Å². The minimum atomic E-state index is -0.0388. The van der Waals surface area contributed by atoms with E-state index in [-0.39, 0.29) is 17.7 Å². The minimum absolute atomic E-state index is 0.00804. The number of rotatable bonds is 4. The van der Waals surface area contributed by atoms with Gasteiger partial charge in [-0.1, -0.05) is 42.5 Å². The highest BCUT2D eigenvalue weighted by Crippen LogP contribution is 2.23. The van der Waals surface area contributed by atoms with Crippen LogP contribution in [-0.4, -0.2) is 24.9 Å². The van der Waals surface area contributed by atoms with Gasteiger partial charge in [0.05, 0.1) is 6.42 Å². The van der Waals surface area contributed by atoms with Gasteiger partial charge in [-0.3, -0.25) is 9.59 Å². The average Bonchev–Trinajstić information content (AvgIpc) is 2.57. The predicted molar refractivity (Wildman–Crippen MR) is 89.4 cm³/mol. The summed E-state index contributed by atoms with van der Waals surface area (Å²) in [6.07, 6.45) is 0.382. The molecule has 0 saturated heterocycles. The van der Waals surface area contributed by atoms with Crippen molar-refractivity contribution >= 4 is 11.8 Å². The largest absolute Gasteiger partial charge is 0.355 e. The van der Waals surface area contributed by atoms with Crippen molar-refractivity contribution < 1.29 is 9.59 Å². The number of carbonyl (C=O) groups is 2. The molecule has 23 heavy (non-hydrogen) atoms. The first kappa shape index (κ1) is 15.3. The van der Waals surface area contributed by atoms with E-state index in [0.29, 0.717) is 25.1 Å². The van der Waals surface area contributed by atoms with Crippen LogP contribution >= 0.6 is 0 Å². The van der Waals surface area contributed by atoms with Crippen LogP contribution in [0.1, 0.15) is 33.0 Å². The van der Waals surface area contributed by atoms with Crippen LogP contribution in [0.4, 0.5) is 0 Å². The van der Waals surface area contributed by atoms with E-state index in [1.165, 1.54) is 0 Å². The zero-order chi connectivity index (χ0) is 16.2. The Labute approximate surface area is 135 Å². The molecule has 2 N–H and O–H groups in total. The number of benzene rings is 2. The Morgan fingerprint density at radius 1 is 1.17 bits per heavy atom. The topological polar surface area (TPSA) is 58.2 Å². The Balaban J connectivity index is 1.63. The molecule has 3 rings (SSSR count). The molecule has 2 aromatic carbocycles. The molecular formula is C19H20N2O2. The van der Waals surface area contributed by atoms with Gasteiger partial charge >= 0.3 is 0 Å².